The number of hydrogen-bond donors (Lipinski definition) is 1. The summed E-state index contributed by atoms with van der Waals surface area (Å²) in [5.74, 6) is 3.94. The molecule has 0 aliphatic carbocycles. The molecule has 19 heavy (non-hydrogen) atoms. The second-order valence-electron chi connectivity index (χ2n) is 4.67. The molecule has 0 saturated carbocycles. The summed E-state index contributed by atoms with van der Waals surface area (Å²) in [4.78, 5) is 0. The zero-order valence-electron chi connectivity index (χ0n) is 11.3. The lowest BCUT2D eigenvalue weighted by molar-refractivity contribution is 0.250. The molecule has 4 nitrogen and oxygen atoms in total. The molecule has 0 saturated heterocycles. The Morgan fingerprint density at radius 2 is 2.00 bits per heavy atom. The fraction of sp³-hybridized carbons (Fsp3) is 0.429. The van der Waals surface area contributed by atoms with Crippen molar-refractivity contribution in [1.82, 2.24) is 14.8 Å². The van der Waals surface area contributed by atoms with E-state index in [1.807, 2.05) is 48.9 Å². The lowest BCUT2D eigenvalue weighted by atomic mass is 10.2. The normalized spacial score (nSPS) is 12.6. The van der Waals surface area contributed by atoms with Crippen molar-refractivity contribution in [3.8, 4) is 11.4 Å². The summed E-state index contributed by atoms with van der Waals surface area (Å²) in [5.41, 5.74) is 1.08. The van der Waals surface area contributed by atoms with Gasteiger partial charge in [-0.3, -0.25) is 0 Å². The maximum atomic E-state index is 8.99. The van der Waals surface area contributed by atoms with Crippen molar-refractivity contribution in [2.45, 2.75) is 12.7 Å². The van der Waals surface area contributed by atoms with Crippen molar-refractivity contribution in [1.29, 1.82) is 0 Å². The summed E-state index contributed by atoms with van der Waals surface area (Å²) in [7, 11) is 1.99. The van der Waals surface area contributed by atoms with E-state index in [0.29, 0.717) is 5.92 Å². The van der Waals surface area contributed by atoms with Gasteiger partial charge in [0.15, 0.2) is 5.82 Å². The molecule has 1 unspecified atom stereocenters. The predicted molar refractivity (Wildman–Crippen MR) is 78.9 cm³/mol. The summed E-state index contributed by atoms with van der Waals surface area (Å²) in [6, 6.07) is 10.1. The Balaban J connectivity index is 2.03. The van der Waals surface area contributed by atoms with Gasteiger partial charge < -0.3 is 9.67 Å². The fourth-order valence-corrected chi connectivity index (χ4v) is 2.79. The highest BCUT2D eigenvalue weighted by atomic mass is 32.2. The molecule has 0 spiro atoms. The molecule has 0 fully saturated rings. The van der Waals surface area contributed by atoms with Gasteiger partial charge in [-0.15, -0.1) is 10.2 Å². The van der Waals surface area contributed by atoms with Crippen LogP contribution in [-0.2, 0) is 12.8 Å². The number of rotatable bonds is 6. The van der Waals surface area contributed by atoms with Crippen LogP contribution in [0.2, 0.25) is 0 Å². The van der Waals surface area contributed by atoms with Crippen LogP contribution < -0.4 is 0 Å². The summed E-state index contributed by atoms with van der Waals surface area (Å²) in [6.45, 7) is 2.28. The van der Waals surface area contributed by atoms with Gasteiger partial charge in [0.2, 0.25) is 0 Å². The minimum Gasteiger partial charge on any atom is -0.396 e. The standard InChI is InChI=1S/C14H19N3OS/c1-11(8-18)9-19-10-13-15-16-14(17(13)2)12-6-4-3-5-7-12/h3-7,11,18H,8-10H2,1-2H3. The van der Waals surface area contributed by atoms with Gasteiger partial charge in [0.1, 0.15) is 5.82 Å². The van der Waals surface area contributed by atoms with Crippen molar-refractivity contribution >= 4 is 11.8 Å². The van der Waals surface area contributed by atoms with Crippen molar-refractivity contribution < 1.29 is 5.11 Å². The van der Waals surface area contributed by atoms with Crippen molar-refractivity contribution in [2.24, 2.45) is 13.0 Å². The number of benzene rings is 1. The fourth-order valence-electron chi connectivity index (χ4n) is 1.73. The minimum atomic E-state index is 0.237. The first kappa shape index (κ1) is 14.1. The van der Waals surface area contributed by atoms with E-state index in [4.69, 9.17) is 5.11 Å². The first-order valence-corrected chi connectivity index (χ1v) is 7.50. The largest absolute Gasteiger partial charge is 0.396 e. The van der Waals surface area contributed by atoms with Crippen LogP contribution in [-0.4, -0.2) is 32.2 Å². The highest BCUT2D eigenvalue weighted by Gasteiger charge is 2.10. The van der Waals surface area contributed by atoms with Crippen LogP contribution in [0.3, 0.4) is 0 Å². The molecule has 1 atom stereocenters. The third-order valence-corrected chi connectivity index (χ3v) is 4.21. The zero-order valence-corrected chi connectivity index (χ0v) is 12.1. The molecule has 102 valence electrons. The average Bonchev–Trinajstić information content (AvgIpc) is 2.81. The molecule has 0 amide bonds. The summed E-state index contributed by atoms with van der Waals surface area (Å²) in [6.07, 6.45) is 0. The molecule has 1 heterocycles. The lowest BCUT2D eigenvalue weighted by Crippen LogP contribution is -2.05. The Morgan fingerprint density at radius 3 is 2.68 bits per heavy atom. The Labute approximate surface area is 117 Å². The first-order chi connectivity index (χ1) is 9.22. The number of hydrogen-bond acceptors (Lipinski definition) is 4. The van der Waals surface area contributed by atoms with Crippen LogP contribution in [0, 0.1) is 5.92 Å². The van der Waals surface area contributed by atoms with Gasteiger partial charge in [0.05, 0.1) is 5.75 Å². The molecule has 5 heteroatoms. The molecular formula is C14H19N3OS. The topological polar surface area (TPSA) is 50.9 Å². The van der Waals surface area contributed by atoms with Crippen LogP contribution in [0.5, 0.6) is 0 Å². The molecule has 2 rings (SSSR count). The molecule has 0 bridgehead atoms. The van der Waals surface area contributed by atoms with Gasteiger partial charge in [-0.2, -0.15) is 11.8 Å². The SMILES string of the molecule is CC(CO)CSCc1nnc(-c2ccccc2)n1C. The van der Waals surface area contributed by atoms with Crippen molar-refractivity contribution in [2.75, 3.05) is 12.4 Å². The van der Waals surface area contributed by atoms with Gasteiger partial charge in [-0.05, 0) is 11.7 Å². The summed E-state index contributed by atoms with van der Waals surface area (Å²) >= 11 is 1.78. The van der Waals surface area contributed by atoms with Gasteiger partial charge in [0, 0.05) is 19.2 Å². The molecule has 0 radical (unpaired) electrons. The second kappa shape index (κ2) is 6.73. The smallest absolute Gasteiger partial charge is 0.163 e. The zero-order chi connectivity index (χ0) is 13.7. The van der Waals surface area contributed by atoms with E-state index < -0.39 is 0 Å². The minimum absolute atomic E-state index is 0.237. The van der Waals surface area contributed by atoms with Crippen LogP contribution in [0.15, 0.2) is 30.3 Å². The monoisotopic (exact) mass is 277 g/mol. The number of aliphatic hydroxyl groups excluding tert-OH is 1. The highest BCUT2D eigenvalue weighted by Crippen LogP contribution is 2.19. The number of nitrogens with zero attached hydrogens (tertiary/aromatic N) is 3. The number of thioether (sulfide) groups is 1. The van der Waals surface area contributed by atoms with Crippen LogP contribution in [0.25, 0.3) is 11.4 Å². The molecule has 1 aromatic heterocycles. The van der Waals surface area contributed by atoms with Crippen LogP contribution in [0.1, 0.15) is 12.7 Å². The van der Waals surface area contributed by atoms with E-state index in [-0.39, 0.29) is 6.61 Å². The second-order valence-corrected chi connectivity index (χ2v) is 5.70. The van der Waals surface area contributed by atoms with E-state index in [0.717, 1.165) is 28.7 Å². The van der Waals surface area contributed by atoms with E-state index in [9.17, 15) is 0 Å². The summed E-state index contributed by atoms with van der Waals surface area (Å²) < 4.78 is 2.03. The van der Waals surface area contributed by atoms with Gasteiger partial charge in [-0.1, -0.05) is 37.3 Å². The van der Waals surface area contributed by atoms with Crippen molar-refractivity contribution in [3.05, 3.63) is 36.2 Å². The number of aromatic nitrogens is 3. The predicted octanol–water partition coefficient (Wildman–Crippen LogP) is 2.34. The molecule has 1 aromatic carbocycles. The van der Waals surface area contributed by atoms with Crippen molar-refractivity contribution in [3.63, 3.8) is 0 Å². The van der Waals surface area contributed by atoms with Crippen LogP contribution in [0.4, 0.5) is 0 Å². The Bertz CT molecular complexity index is 513. The molecule has 0 aliphatic heterocycles. The van der Waals surface area contributed by atoms with E-state index >= 15 is 0 Å². The Hall–Kier alpha value is -1.33. The molecular weight excluding hydrogens is 258 g/mol. The van der Waals surface area contributed by atoms with E-state index in [1.54, 1.807) is 11.8 Å². The third kappa shape index (κ3) is 3.58. The van der Waals surface area contributed by atoms with Crippen LogP contribution >= 0.6 is 11.8 Å². The maximum Gasteiger partial charge on any atom is 0.163 e. The molecule has 1 N–H and O–H groups in total. The Kier molecular flexibility index (Phi) is 4.99. The maximum absolute atomic E-state index is 8.99. The van der Waals surface area contributed by atoms with E-state index in [2.05, 4.69) is 10.2 Å². The lowest BCUT2D eigenvalue weighted by Gasteiger charge is -2.07. The van der Waals surface area contributed by atoms with Gasteiger partial charge in [0.25, 0.3) is 0 Å². The third-order valence-electron chi connectivity index (χ3n) is 2.94. The first-order valence-electron chi connectivity index (χ1n) is 6.34. The molecule has 0 aliphatic rings. The quantitative estimate of drug-likeness (QED) is 0.880. The summed E-state index contributed by atoms with van der Waals surface area (Å²) in [5, 5.41) is 17.5. The average molecular weight is 277 g/mol. The number of aliphatic hydroxyl groups is 1. The van der Waals surface area contributed by atoms with E-state index in [1.165, 1.54) is 0 Å². The Morgan fingerprint density at radius 1 is 1.26 bits per heavy atom. The molecule has 2 aromatic rings. The van der Waals surface area contributed by atoms with Gasteiger partial charge >= 0.3 is 0 Å². The van der Waals surface area contributed by atoms with Gasteiger partial charge in [-0.25, -0.2) is 0 Å². The highest BCUT2D eigenvalue weighted by molar-refractivity contribution is 7.98.